The highest BCUT2D eigenvalue weighted by atomic mass is 35.5. The van der Waals surface area contributed by atoms with E-state index in [4.69, 9.17) is 33.7 Å². The highest BCUT2D eigenvalue weighted by Crippen LogP contribution is 2.15. The molecule has 0 saturated heterocycles. The van der Waals surface area contributed by atoms with Gasteiger partial charge in [-0.25, -0.2) is 4.98 Å². The monoisotopic (exact) mass is 391 g/mol. The molecule has 1 atom stereocenters. The SMILES string of the molecule is Cl.Cn1cccc(C[C@H](N)C(=O)OCc2cc(Cl)nc(Cl)c2)c1=O. The summed E-state index contributed by atoms with van der Waals surface area (Å²) in [7, 11) is 1.63. The maximum atomic E-state index is 11.9. The zero-order chi connectivity index (χ0) is 17.0. The molecule has 0 fully saturated rings. The van der Waals surface area contributed by atoms with Crippen LogP contribution in [0.15, 0.2) is 35.3 Å². The lowest BCUT2D eigenvalue weighted by Crippen LogP contribution is -2.36. The highest BCUT2D eigenvalue weighted by molar-refractivity contribution is 6.32. The molecule has 2 rings (SSSR count). The van der Waals surface area contributed by atoms with Crippen molar-refractivity contribution in [3.63, 3.8) is 0 Å². The molecule has 0 aliphatic carbocycles. The van der Waals surface area contributed by atoms with Crippen molar-refractivity contribution in [3.8, 4) is 0 Å². The van der Waals surface area contributed by atoms with Gasteiger partial charge in [0.15, 0.2) is 0 Å². The summed E-state index contributed by atoms with van der Waals surface area (Å²) in [6.45, 7) is -0.0265. The number of pyridine rings is 2. The first-order valence-electron chi connectivity index (χ1n) is 6.75. The minimum atomic E-state index is -0.933. The zero-order valence-electron chi connectivity index (χ0n) is 12.7. The molecule has 2 aromatic heterocycles. The molecule has 0 aliphatic heterocycles. The van der Waals surface area contributed by atoms with E-state index in [1.54, 1.807) is 37.5 Å². The van der Waals surface area contributed by atoms with E-state index >= 15 is 0 Å². The van der Waals surface area contributed by atoms with Crippen LogP contribution in [0.4, 0.5) is 0 Å². The van der Waals surface area contributed by atoms with Crippen molar-refractivity contribution in [1.29, 1.82) is 0 Å². The van der Waals surface area contributed by atoms with Crippen LogP contribution in [0.1, 0.15) is 11.1 Å². The van der Waals surface area contributed by atoms with E-state index in [0.29, 0.717) is 11.1 Å². The molecule has 9 heteroatoms. The summed E-state index contributed by atoms with van der Waals surface area (Å²) in [5.74, 6) is -0.611. The Bertz CT molecular complexity index is 760. The second kappa shape index (κ2) is 9.03. The number of rotatable bonds is 5. The molecule has 0 bridgehead atoms. The topological polar surface area (TPSA) is 87.2 Å². The average molecular weight is 393 g/mol. The van der Waals surface area contributed by atoms with Crippen molar-refractivity contribution in [3.05, 3.63) is 62.2 Å². The first-order valence-corrected chi connectivity index (χ1v) is 7.51. The molecule has 6 nitrogen and oxygen atoms in total. The van der Waals surface area contributed by atoms with Gasteiger partial charge in [-0.15, -0.1) is 12.4 Å². The van der Waals surface area contributed by atoms with Gasteiger partial charge < -0.3 is 15.0 Å². The number of esters is 1. The van der Waals surface area contributed by atoms with Crippen LogP contribution < -0.4 is 11.3 Å². The number of hydrogen-bond donors (Lipinski definition) is 1. The van der Waals surface area contributed by atoms with Crippen molar-refractivity contribution >= 4 is 41.6 Å². The fourth-order valence-electron chi connectivity index (χ4n) is 1.99. The fraction of sp³-hybridized carbons (Fsp3) is 0.267. The number of carbonyl (C=O) groups excluding carboxylic acids is 1. The molecule has 2 N–H and O–H groups in total. The quantitative estimate of drug-likeness (QED) is 0.622. The zero-order valence-corrected chi connectivity index (χ0v) is 15.1. The van der Waals surface area contributed by atoms with Crippen molar-refractivity contribution in [2.75, 3.05) is 0 Å². The lowest BCUT2D eigenvalue weighted by atomic mass is 10.1. The molecule has 0 unspecified atom stereocenters. The molecular formula is C15H16Cl3N3O3. The van der Waals surface area contributed by atoms with E-state index in [9.17, 15) is 9.59 Å². The van der Waals surface area contributed by atoms with Crippen LogP contribution in [-0.2, 0) is 29.6 Å². The standard InChI is InChI=1S/C15H15Cl2N3O3.ClH/c1-20-4-2-3-10(14(20)21)7-11(18)15(22)23-8-9-5-12(16)19-13(17)6-9;/h2-6,11H,7-8,18H2,1H3;1H/t11-;/m0./s1. The number of nitrogens with two attached hydrogens (primary N) is 1. The minimum absolute atomic E-state index is 0. The number of hydrogen-bond acceptors (Lipinski definition) is 5. The fourth-order valence-corrected chi connectivity index (χ4v) is 2.49. The lowest BCUT2D eigenvalue weighted by Gasteiger charge is -2.12. The smallest absolute Gasteiger partial charge is 0.323 e. The van der Waals surface area contributed by atoms with Crippen LogP contribution in [0.2, 0.25) is 10.3 Å². The van der Waals surface area contributed by atoms with E-state index in [1.807, 2.05) is 0 Å². The van der Waals surface area contributed by atoms with Crippen molar-refractivity contribution in [1.82, 2.24) is 9.55 Å². The van der Waals surface area contributed by atoms with E-state index in [2.05, 4.69) is 4.98 Å². The predicted octanol–water partition coefficient (Wildman–Crippen LogP) is 2.12. The lowest BCUT2D eigenvalue weighted by molar-refractivity contribution is -0.146. The van der Waals surface area contributed by atoms with Gasteiger partial charge in [0.05, 0.1) is 0 Å². The van der Waals surface area contributed by atoms with Crippen LogP contribution >= 0.6 is 35.6 Å². The van der Waals surface area contributed by atoms with Gasteiger partial charge >= 0.3 is 5.97 Å². The maximum absolute atomic E-state index is 11.9. The number of aryl methyl sites for hydroxylation is 1. The van der Waals surface area contributed by atoms with Gasteiger partial charge in [0.25, 0.3) is 5.56 Å². The van der Waals surface area contributed by atoms with Crippen LogP contribution in [0.25, 0.3) is 0 Å². The third-order valence-corrected chi connectivity index (χ3v) is 3.54. The summed E-state index contributed by atoms with van der Waals surface area (Å²) in [5, 5.41) is 0.418. The molecule has 0 saturated carbocycles. The molecule has 0 aromatic carbocycles. The third-order valence-electron chi connectivity index (χ3n) is 3.15. The first-order chi connectivity index (χ1) is 10.9. The summed E-state index contributed by atoms with van der Waals surface area (Å²) in [4.78, 5) is 27.6. The Kier molecular flexibility index (Phi) is 7.69. The largest absolute Gasteiger partial charge is 0.460 e. The van der Waals surface area contributed by atoms with Gasteiger partial charge in [-0.3, -0.25) is 9.59 Å². The van der Waals surface area contributed by atoms with Gasteiger partial charge in [-0.2, -0.15) is 0 Å². The van der Waals surface area contributed by atoms with E-state index in [-0.39, 0.29) is 41.3 Å². The second-order valence-corrected chi connectivity index (χ2v) is 5.76. The van der Waals surface area contributed by atoms with Gasteiger partial charge in [0, 0.05) is 25.2 Å². The van der Waals surface area contributed by atoms with Crippen LogP contribution in [0, 0.1) is 0 Å². The number of carbonyl (C=O) groups is 1. The molecule has 24 heavy (non-hydrogen) atoms. The van der Waals surface area contributed by atoms with Crippen molar-refractivity contribution in [2.24, 2.45) is 12.8 Å². The maximum Gasteiger partial charge on any atom is 0.323 e. The summed E-state index contributed by atoms with van der Waals surface area (Å²) < 4.78 is 6.55. The van der Waals surface area contributed by atoms with Crippen LogP contribution in [-0.4, -0.2) is 21.6 Å². The molecule has 2 aromatic rings. The number of halogens is 3. The predicted molar refractivity (Wildman–Crippen MR) is 94.7 cm³/mol. The van der Waals surface area contributed by atoms with Crippen LogP contribution in [0.3, 0.4) is 0 Å². The molecular weight excluding hydrogens is 377 g/mol. The molecule has 0 radical (unpaired) electrons. The summed E-state index contributed by atoms with van der Waals surface area (Å²) in [6.07, 6.45) is 1.73. The number of nitrogens with zero attached hydrogens (tertiary/aromatic N) is 2. The normalized spacial score (nSPS) is 11.5. The first kappa shape index (κ1) is 20.4. The van der Waals surface area contributed by atoms with Crippen molar-refractivity contribution in [2.45, 2.75) is 19.1 Å². The highest BCUT2D eigenvalue weighted by Gasteiger charge is 2.18. The molecule has 130 valence electrons. The Balaban J connectivity index is 0.00000288. The minimum Gasteiger partial charge on any atom is -0.460 e. The Labute approximate surface area is 154 Å². The molecule has 0 aliphatic rings. The van der Waals surface area contributed by atoms with Gasteiger partial charge in [0.2, 0.25) is 0 Å². The van der Waals surface area contributed by atoms with Gasteiger partial charge in [-0.05, 0) is 23.8 Å². The summed E-state index contributed by atoms with van der Waals surface area (Å²) >= 11 is 11.5. The van der Waals surface area contributed by atoms with Crippen LogP contribution in [0.5, 0.6) is 0 Å². The van der Waals surface area contributed by atoms with E-state index in [1.165, 1.54) is 4.57 Å². The van der Waals surface area contributed by atoms with Crippen molar-refractivity contribution < 1.29 is 9.53 Å². The number of aromatic nitrogens is 2. The van der Waals surface area contributed by atoms with E-state index < -0.39 is 12.0 Å². The van der Waals surface area contributed by atoms with E-state index in [0.717, 1.165) is 0 Å². The van der Waals surface area contributed by atoms with Gasteiger partial charge in [-0.1, -0.05) is 29.3 Å². The Morgan fingerprint density at radius 3 is 2.62 bits per heavy atom. The molecule has 2 heterocycles. The second-order valence-electron chi connectivity index (χ2n) is 4.99. The number of ether oxygens (including phenoxy) is 1. The Morgan fingerprint density at radius 1 is 1.38 bits per heavy atom. The Morgan fingerprint density at radius 2 is 2.00 bits per heavy atom. The third kappa shape index (κ3) is 5.49. The Hall–Kier alpha value is -1.60. The molecule has 0 spiro atoms. The average Bonchev–Trinajstić information content (AvgIpc) is 2.48. The molecule has 0 amide bonds. The van der Waals surface area contributed by atoms with Gasteiger partial charge in [0.1, 0.15) is 23.0 Å². The summed E-state index contributed by atoms with van der Waals surface area (Å²) in [5.41, 5.74) is 6.67. The summed E-state index contributed by atoms with van der Waals surface area (Å²) in [6, 6.07) is 5.50.